The number of carbonyl (C=O) groups excluding carboxylic acids is 1. The molecule has 0 bridgehead atoms. The lowest BCUT2D eigenvalue weighted by atomic mass is 9.79. The van der Waals surface area contributed by atoms with Crippen molar-refractivity contribution in [3.63, 3.8) is 0 Å². The van der Waals surface area contributed by atoms with Crippen LogP contribution in [0.25, 0.3) is 5.82 Å². The fourth-order valence-electron chi connectivity index (χ4n) is 2.72. The highest BCUT2D eigenvalue weighted by Gasteiger charge is 2.27. The molecule has 3 aromatic rings. The van der Waals surface area contributed by atoms with E-state index in [4.69, 9.17) is 4.65 Å². The molecule has 2 N–H and O–H groups in total. The number of thiol groups is 1. The first kappa shape index (κ1) is 19.8. The molecule has 1 aromatic carbocycles. The Hall–Kier alpha value is -1.96. The highest BCUT2D eigenvalue weighted by molar-refractivity contribution is 14.2. The smallest absolute Gasteiger partial charge is 0.423 e. The normalized spacial score (nSPS) is 12.2. The van der Waals surface area contributed by atoms with Gasteiger partial charge in [0.1, 0.15) is 0 Å². The van der Waals surface area contributed by atoms with Gasteiger partial charge in [-0.15, -0.1) is 14.9 Å². The van der Waals surface area contributed by atoms with E-state index in [1.54, 1.807) is 37.4 Å². The van der Waals surface area contributed by atoms with Crippen molar-refractivity contribution in [1.29, 1.82) is 0 Å². The van der Waals surface area contributed by atoms with Crippen LogP contribution in [0.1, 0.15) is 21.7 Å². The van der Waals surface area contributed by atoms with Crippen LogP contribution in [0.15, 0.2) is 42.6 Å². The van der Waals surface area contributed by atoms with Gasteiger partial charge < -0.3 is 15.0 Å². The van der Waals surface area contributed by atoms with E-state index in [-0.39, 0.29) is 11.6 Å². The molecule has 0 saturated heterocycles. The Balaban J connectivity index is 0.00000102. The third kappa shape index (κ3) is 4.15. The topological polar surface area (TPSA) is 102 Å². The maximum atomic E-state index is 12.5. The number of pyridine rings is 1. The monoisotopic (exact) mass is 495 g/mol. The Bertz CT molecular complexity index is 956. The van der Waals surface area contributed by atoms with E-state index in [1.165, 1.54) is 4.68 Å². The summed E-state index contributed by atoms with van der Waals surface area (Å²) >= 11 is 1.84. The van der Waals surface area contributed by atoms with Crippen LogP contribution >= 0.6 is 31.0 Å². The van der Waals surface area contributed by atoms with Crippen LogP contribution in [0.2, 0.25) is 0 Å². The second-order valence-corrected chi connectivity index (χ2v) is 5.65. The van der Waals surface area contributed by atoms with Crippen molar-refractivity contribution in [3.05, 3.63) is 59.5 Å². The Morgan fingerprint density at radius 3 is 2.93 bits per heavy atom. The number of amides is 1. The molecule has 0 radical (unpaired) electrons. The highest BCUT2D eigenvalue weighted by atomic mass is 127. The van der Waals surface area contributed by atoms with Gasteiger partial charge >= 0.3 is 7.12 Å². The lowest BCUT2D eigenvalue weighted by molar-refractivity contribution is 0.102. The summed E-state index contributed by atoms with van der Waals surface area (Å²) in [6.07, 6.45) is 1.65. The molecule has 27 heavy (non-hydrogen) atoms. The summed E-state index contributed by atoms with van der Waals surface area (Å²) in [6, 6.07) is 10.7. The average Bonchev–Trinajstić information content (AvgIpc) is 3.27. The summed E-state index contributed by atoms with van der Waals surface area (Å²) in [6.45, 7) is 2.12. The molecule has 0 aliphatic carbocycles. The summed E-state index contributed by atoms with van der Waals surface area (Å²) < 4.78 is 6.66. The van der Waals surface area contributed by atoms with Crippen molar-refractivity contribution in [2.75, 3.05) is 5.32 Å². The zero-order valence-corrected chi connectivity index (χ0v) is 17.3. The molecule has 4 rings (SSSR count). The van der Waals surface area contributed by atoms with Gasteiger partial charge in [0.2, 0.25) is 0 Å². The van der Waals surface area contributed by atoms with Crippen molar-refractivity contribution >= 4 is 55.2 Å². The van der Waals surface area contributed by atoms with Crippen LogP contribution in [0, 0.1) is 6.92 Å². The first-order valence-electron chi connectivity index (χ1n) is 7.88. The minimum absolute atomic E-state index is 0.211. The molecule has 8 nitrogen and oxygen atoms in total. The van der Waals surface area contributed by atoms with Gasteiger partial charge in [-0.1, -0.05) is 17.3 Å². The Morgan fingerprint density at radius 2 is 2.19 bits per heavy atom. The maximum Gasteiger partial charge on any atom is 0.491 e. The fourth-order valence-corrected chi connectivity index (χ4v) is 2.72. The number of halogens is 1. The van der Waals surface area contributed by atoms with E-state index in [0.29, 0.717) is 29.3 Å². The van der Waals surface area contributed by atoms with Crippen LogP contribution in [-0.4, -0.2) is 38.0 Å². The zero-order chi connectivity index (χ0) is 19.4. The van der Waals surface area contributed by atoms with E-state index in [9.17, 15) is 9.82 Å². The summed E-state index contributed by atoms with van der Waals surface area (Å²) in [5, 5.41) is 20.5. The number of aromatic nitrogens is 4. The van der Waals surface area contributed by atoms with Gasteiger partial charge in [0.15, 0.2) is 11.5 Å². The molecule has 1 aliphatic heterocycles. The standard InChI is InChI=1S/C16H14BN5O3.HIS/c1-10-15(20-21-22(10)14-4-2-3-7-18-14)16(23)19-12-6-5-11-9-25-17(24)13(11)8-12;1-2/h2-8,24H,9H2,1H3,(H,19,23);2H. The first-order chi connectivity index (χ1) is 13.1. The molecule has 1 aliphatic rings. The predicted octanol–water partition coefficient (Wildman–Crippen LogP) is 1.71. The second kappa shape index (κ2) is 8.82. The molecule has 2 aromatic heterocycles. The number of nitrogens with zero attached hydrogens (tertiary/aromatic N) is 4. The number of hydrogen-bond acceptors (Lipinski definition) is 7. The first-order valence-corrected chi connectivity index (χ1v) is 11.1. The SMILES string of the molecule is Cc1c(C(=O)Nc2ccc3c(c2)B(O)OC3)nnn1-c1ccccn1.SI. The van der Waals surface area contributed by atoms with E-state index < -0.39 is 7.12 Å². The van der Waals surface area contributed by atoms with Crippen LogP contribution in [0.3, 0.4) is 0 Å². The van der Waals surface area contributed by atoms with Crippen molar-refractivity contribution in [3.8, 4) is 5.82 Å². The lowest BCUT2D eigenvalue weighted by Gasteiger charge is -2.06. The quantitative estimate of drug-likeness (QED) is 0.291. The average molecular weight is 495 g/mol. The summed E-state index contributed by atoms with van der Waals surface area (Å²) in [4.78, 5) is 16.7. The Morgan fingerprint density at radius 1 is 1.37 bits per heavy atom. The summed E-state index contributed by atoms with van der Waals surface area (Å²) in [5.74, 6) is 0.206. The van der Waals surface area contributed by atoms with Crippen LogP contribution in [0.4, 0.5) is 5.69 Å². The van der Waals surface area contributed by atoms with Crippen molar-refractivity contribution < 1.29 is 14.5 Å². The number of benzene rings is 1. The number of fused-ring (bicyclic) bond motifs is 1. The molecule has 11 heteroatoms. The molecular weight excluding hydrogens is 480 g/mol. The summed E-state index contributed by atoms with van der Waals surface area (Å²) in [7, 11) is 2.54. The fraction of sp³-hybridized carbons (Fsp3) is 0.125. The van der Waals surface area contributed by atoms with Gasteiger partial charge in [0.25, 0.3) is 5.91 Å². The Labute approximate surface area is 173 Å². The molecule has 138 valence electrons. The van der Waals surface area contributed by atoms with Crippen LogP contribution < -0.4 is 10.8 Å². The lowest BCUT2D eigenvalue weighted by Crippen LogP contribution is -2.28. The maximum absolute atomic E-state index is 12.5. The number of nitrogens with one attached hydrogen (secondary N) is 1. The van der Waals surface area contributed by atoms with Gasteiger partial charge in [-0.25, -0.2) is 4.98 Å². The molecule has 0 spiro atoms. The van der Waals surface area contributed by atoms with Gasteiger partial charge in [0.05, 0.1) is 12.3 Å². The predicted molar refractivity (Wildman–Crippen MR) is 114 cm³/mol. The Kier molecular flexibility index (Phi) is 6.47. The second-order valence-electron chi connectivity index (χ2n) is 5.65. The van der Waals surface area contributed by atoms with Gasteiger partial charge in [-0.2, -0.15) is 4.68 Å². The van der Waals surface area contributed by atoms with Gasteiger partial charge in [-0.05, 0) is 63.4 Å². The van der Waals surface area contributed by atoms with Crippen molar-refractivity contribution in [2.45, 2.75) is 13.5 Å². The molecule has 0 unspecified atom stereocenters. The molecule has 3 heterocycles. The number of hydrogen-bond donors (Lipinski definition) is 3. The number of anilines is 1. The van der Waals surface area contributed by atoms with Crippen LogP contribution in [-0.2, 0) is 11.3 Å². The minimum Gasteiger partial charge on any atom is -0.423 e. The van der Waals surface area contributed by atoms with E-state index in [1.807, 2.05) is 33.3 Å². The van der Waals surface area contributed by atoms with E-state index >= 15 is 0 Å². The highest BCUT2D eigenvalue weighted by Crippen LogP contribution is 2.16. The minimum atomic E-state index is -0.960. The largest absolute Gasteiger partial charge is 0.491 e. The third-order valence-electron chi connectivity index (χ3n) is 4.04. The zero-order valence-electron chi connectivity index (χ0n) is 14.2. The van der Waals surface area contributed by atoms with E-state index in [0.717, 1.165) is 5.56 Å². The summed E-state index contributed by atoms with van der Waals surface area (Å²) in [5.41, 5.74) is 2.92. The van der Waals surface area contributed by atoms with Crippen LogP contribution in [0.5, 0.6) is 0 Å². The molecule has 0 atom stereocenters. The molecule has 0 fully saturated rings. The molecule has 1 amide bonds. The van der Waals surface area contributed by atoms with Crippen molar-refractivity contribution in [1.82, 2.24) is 20.0 Å². The molecule has 0 saturated carbocycles. The third-order valence-corrected chi connectivity index (χ3v) is 4.04. The van der Waals surface area contributed by atoms with Gasteiger partial charge in [-0.3, -0.25) is 4.79 Å². The number of carbonyl (C=O) groups is 1. The van der Waals surface area contributed by atoms with Gasteiger partial charge in [0, 0.05) is 11.9 Å². The van der Waals surface area contributed by atoms with E-state index in [2.05, 4.69) is 30.4 Å². The molecular formula is C16H15BIN5O3S. The number of rotatable bonds is 3. The van der Waals surface area contributed by atoms with Crippen molar-refractivity contribution in [2.24, 2.45) is 0 Å².